The maximum atomic E-state index is 13.0. The zero-order chi connectivity index (χ0) is 20.7. The number of rotatable bonds is 8. The lowest BCUT2D eigenvalue weighted by atomic mass is 9.94. The van der Waals surface area contributed by atoms with E-state index < -0.39 is 5.97 Å². The standard InChI is InChI=1S/C23H27NO4/c1-15(2)11-12-24-21(25)14-28-23(27)19-8-6-5-7-18(19)22(26)20-13-16(3)9-10-17(20)4/h5-10,13,15H,11-12,14H2,1-4H3,(H,24,25). The fourth-order valence-corrected chi connectivity index (χ4v) is 2.74. The molecule has 0 spiro atoms. The van der Waals surface area contributed by atoms with E-state index in [1.165, 1.54) is 6.07 Å². The molecule has 0 atom stereocenters. The van der Waals surface area contributed by atoms with E-state index in [9.17, 15) is 14.4 Å². The summed E-state index contributed by atoms with van der Waals surface area (Å²) >= 11 is 0. The summed E-state index contributed by atoms with van der Waals surface area (Å²) in [6.07, 6.45) is 0.854. The fraction of sp³-hybridized carbons (Fsp3) is 0.348. The number of esters is 1. The second-order valence-electron chi connectivity index (χ2n) is 7.30. The molecule has 5 nitrogen and oxygen atoms in total. The van der Waals surface area contributed by atoms with Crippen molar-refractivity contribution in [3.8, 4) is 0 Å². The first kappa shape index (κ1) is 21.4. The molecule has 2 aromatic rings. The Labute approximate surface area is 166 Å². The predicted octanol–water partition coefficient (Wildman–Crippen LogP) is 3.85. The summed E-state index contributed by atoms with van der Waals surface area (Å²) in [5, 5.41) is 2.71. The van der Waals surface area contributed by atoms with Crippen LogP contribution in [0.25, 0.3) is 0 Å². The average Bonchev–Trinajstić information content (AvgIpc) is 2.67. The monoisotopic (exact) mass is 381 g/mol. The molecule has 28 heavy (non-hydrogen) atoms. The van der Waals surface area contributed by atoms with Gasteiger partial charge >= 0.3 is 5.97 Å². The van der Waals surface area contributed by atoms with Crippen molar-refractivity contribution in [3.05, 3.63) is 70.3 Å². The second-order valence-corrected chi connectivity index (χ2v) is 7.30. The highest BCUT2D eigenvalue weighted by molar-refractivity contribution is 6.15. The first-order chi connectivity index (χ1) is 13.3. The van der Waals surface area contributed by atoms with Crippen molar-refractivity contribution in [2.75, 3.05) is 13.2 Å². The number of aryl methyl sites for hydroxylation is 2. The van der Waals surface area contributed by atoms with Gasteiger partial charge in [-0.05, 0) is 43.9 Å². The van der Waals surface area contributed by atoms with Gasteiger partial charge in [-0.15, -0.1) is 0 Å². The summed E-state index contributed by atoms with van der Waals surface area (Å²) in [7, 11) is 0. The van der Waals surface area contributed by atoms with Crippen LogP contribution in [0.5, 0.6) is 0 Å². The van der Waals surface area contributed by atoms with E-state index in [0.717, 1.165) is 17.5 Å². The Kier molecular flexibility index (Phi) is 7.50. The zero-order valence-electron chi connectivity index (χ0n) is 16.9. The number of hydrogen-bond acceptors (Lipinski definition) is 4. The maximum Gasteiger partial charge on any atom is 0.339 e. The number of nitrogens with one attached hydrogen (secondary N) is 1. The molecule has 0 saturated heterocycles. The zero-order valence-corrected chi connectivity index (χ0v) is 16.9. The van der Waals surface area contributed by atoms with Gasteiger partial charge < -0.3 is 10.1 Å². The summed E-state index contributed by atoms with van der Waals surface area (Å²) in [6.45, 7) is 8.06. The lowest BCUT2D eigenvalue weighted by Crippen LogP contribution is -2.30. The molecule has 0 bridgehead atoms. The molecular weight excluding hydrogens is 354 g/mol. The van der Waals surface area contributed by atoms with Crippen LogP contribution in [0.4, 0.5) is 0 Å². The number of amides is 1. The van der Waals surface area contributed by atoms with E-state index in [1.54, 1.807) is 18.2 Å². The number of ketones is 1. The van der Waals surface area contributed by atoms with Crippen LogP contribution in [0, 0.1) is 19.8 Å². The highest BCUT2D eigenvalue weighted by atomic mass is 16.5. The van der Waals surface area contributed by atoms with Crippen LogP contribution in [0.15, 0.2) is 42.5 Å². The molecule has 0 fully saturated rings. The van der Waals surface area contributed by atoms with Crippen LogP contribution in [0.1, 0.15) is 57.7 Å². The average molecular weight is 381 g/mol. The van der Waals surface area contributed by atoms with Crippen molar-refractivity contribution >= 4 is 17.7 Å². The molecule has 148 valence electrons. The topological polar surface area (TPSA) is 72.5 Å². The molecule has 0 saturated carbocycles. The van der Waals surface area contributed by atoms with Gasteiger partial charge in [-0.3, -0.25) is 9.59 Å². The number of hydrogen-bond donors (Lipinski definition) is 1. The second kappa shape index (κ2) is 9.83. The van der Waals surface area contributed by atoms with Gasteiger partial charge in [-0.1, -0.05) is 49.7 Å². The summed E-state index contributed by atoms with van der Waals surface area (Å²) < 4.78 is 5.12. The molecule has 0 radical (unpaired) electrons. The van der Waals surface area contributed by atoms with E-state index in [2.05, 4.69) is 19.2 Å². The van der Waals surface area contributed by atoms with E-state index in [1.807, 2.05) is 32.0 Å². The van der Waals surface area contributed by atoms with E-state index in [4.69, 9.17) is 4.74 Å². The van der Waals surface area contributed by atoms with Gasteiger partial charge in [-0.25, -0.2) is 4.79 Å². The van der Waals surface area contributed by atoms with Gasteiger partial charge in [0.1, 0.15) is 0 Å². The molecule has 1 amide bonds. The van der Waals surface area contributed by atoms with Crippen LogP contribution in [0.2, 0.25) is 0 Å². The lowest BCUT2D eigenvalue weighted by Gasteiger charge is -2.11. The SMILES string of the molecule is Cc1ccc(C)c(C(=O)c2ccccc2C(=O)OCC(=O)NCCC(C)C)c1. The maximum absolute atomic E-state index is 13.0. The van der Waals surface area contributed by atoms with Crippen LogP contribution < -0.4 is 5.32 Å². The molecule has 0 aliphatic heterocycles. The number of carbonyl (C=O) groups excluding carboxylic acids is 3. The van der Waals surface area contributed by atoms with Crippen LogP contribution in [-0.4, -0.2) is 30.8 Å². The van der Waals surface area contributed by atoms with Crippen molar-refractivity contribution in [2.24, 2.45) is 5.92 Å². The summed E-state index contributed by atoms with van der Waals surface area (Å²) in [5.41, 5.74) is 2.77. The Morgan fingerprint density at radius 2 is 1.64 bits per heavy atom. The molecule has 2 rings (SSSR count). The van der Waals surface area contributed by atoms with Gasteiger partial charge in [0.05, 0.1) is 5.56 Å². The summed E-state index contributed by atoms with van der Waals surface area (Å²) in [6, 6.07) is 12.1. The quantitative estimate of drug-likeness (QED) is 0.557. The van der Waals surface area contributed by atoms with Gasteiger partial charge in [0.25, 0.3) is 5.91 Å². The van der Waals surface area contributed by atoms with Gasteiger partial charge in [-0.2, -0.15) is 0 Å². The van der Waals surface area contributed by atoms with Gasteiger partial charge in [0.2, 0.25) is 0 Å². The first-order valence-electron chi connectivity index (χ1n) is 9.44. The summed E-state index contributed by atoms with van der Waals surface area (Å²) in [5.74, 6) is -0.804. The molecule has 0 unspecified atom stereocenters. The third-order valence-corrected chi connectivity index (χ3v) is 4.41. The molecule has 0 aliphatic carbocycles. The summed E-state index contributed by atoms with van der Waals surface area (Å²) in [4.78, 5) is 37.3. The minimum atomic E-state index is -0.687. The Hall–Kier alpha value is -2.95. The Morgan fingerprint density at radius 3 is 2.32 bits per heavy atom. The third kappa shape index (κ3) is 5.78. The van der Waals surface area contributed by atoms with Crippen LogP contribution in [-0.2, 0) is 9.53 Å². The highest BCUT2D eigenvalue weighted by Crippen LogP contribution is 2.19. The Bertz CT molecular complexity index is 871. The minimum Gasteiger partial charge on any atom is -0.452 e. The molecule has 0 aromatic heterocycles. The normalized spacial score (nSPS) is 10.6. The van der Waals surface area contributed by atoms with E-state index in [-0.39, 0.29) is 29.4 Å². The lowest BCUT2D eigenvalue weighted by molar-refractivity contribution is -0.124. The van der Waals surface area contributed by atoms with Gasteiger partial charge in [0, 0.05) is 17.7 Å². The highest BCUT2D eigenvalue weighted by Gasteiger charge is 2.21. The molecule has 2 aromatic carbocycles. The van der Waals surface area contributed by atoms with Gasteiger partial charge in [0.15, 0.2) is 12.4 Å². The molecular formula is C23H27NO4. The van der Waals surface area contributed by atoms with Crippen molar-refractivity contribution in [3.63, 3.8) is 0 Å². The Morgan fingerprint density at radius 1 is 0.964 bits per heavy atom. The smallest absolute Gasteiger partial charge is 0.339 e. The van der Waals surface area contributed by atoms with Crippen LogP contribution in [0.3, 0.4) is 0 Å². The molecule has 5 heteroatoms. The number of ether oxygens (including phenoxy) is 1. The first-order valence-corrected chi connectivity index (χ1v) is 9.44. The molecule has 0 heterocycles. The number of benzene rings is 2. The molecule has 1 N–H and O–H groups in total. The van der Waals surface area contributed by atoms with Crippen molar-refractivity contribution in [1.82, 2.24) is 5.32 Å². The predicted molar refractivity (Wildman–Crippen MR) is 109 cm³/mol. The van der Waals surface area contributed by atoms with Crippen molar-refractivity contribution in [1.29, 1.82) is 0 Å². The van der Waals surface area contributed by atoms with E-state index >= 15 is 0 Å². The fourth-order valence-electron chi connectivity index (χ4n) is 2.74. The van der Waals surface area contributed by atoms with Crippen molar-refractivity contribution in [2.45, 2.75) is 34.1 Å². The third-order valence-electron chi connectivity index (χ3n) is 4.41. The Balaban J connectivity index is 2.11. The number of carbonyl (C=O) groups is 3. The minimum absolute atomic E-state index is 0.156. The van der Waals surface area contributed by atoms with Crippen molar-refractivity contribution < 1.29 is 19.1 Å². The van der Waals surface area contributed by atoms with E-state index in [0.29, 0.717) is 18.0 Å². The largest absolute Gasteiger partial charge is 0.452 e. The molecule has 0 aliphatic rings. The van der Waals surface area contributed by atoms with Crippen LogP contribution >= 0.6 is 0 Å².